The number of para-hydroxylation sites is 1. The monoisotopic (exact) mass is 245 g/mol. The van der Waals surface area contributed by atoms with Crippen LogP contribution < -0.4 is 10.1 Å². The number of aromatic nitrogens is 2. The third-order valence-electron chi connectivity index (χ3n) is 3.08. The second kappa shape index (κ2) is 5.69. The zero-order valence-electron chi connectivity index (χ0n) is 11.1. The topological polar surface area (TPSA) is 39.1 Å². The quantitative estimate of drug-likeness (QED) is 0.875. The minimum absolute atomic E-state index is 0.736. The molecule has 0 atom stereocenters. The molecule has 0 unspecified atom stereocenters. The lowest BCUT2D eigenvalue weighted by atomic mass is 10.2. The van der Waals surface area contributed by atoms with Crippen LogP contribution in [0.5, 0.6) is 5.75 Å². The van der Waals surface area contributed by atoms with E-state index in [1.54, 1.807) is 7.11 Å². The Hall–Kier alpha value is -1.81. The van der Waals surface area contributed by atoms with Crippen LogP contribution in [0.4, 0.5) is 0 Å². The van der Waals surface area contributed by atoms with Gasteiger partial charge in [-0.15, -0.1) is 0 Å². The highest BCUT2D eigenvalue weighted by atomic mass is 16.5. The van der Waals surface area contributed by atoms with E-state index in [-0.39, 0.29) is 0 Å². The number of benzene rings is 1. The van der Waals surface area contributed by atoms with E-state index >= 15 is 0 Å². The molecule has 1 aromatic heterocycles. The van der Waals surface area contributed by atoms with E-state index in [1.807, 2.05) is 36.1 Å². The molecule has 4 nitrogen and oxygen atoms in total. The minimum atomic E-state index is 0.736. The van der Waals surface area contributed by atoms with Crippen molar-refractivity contribution < 1.29 is 4.74 Å². The predicted octanol–water partition coefficient (Wildman–Crippen LogP) is 1.97. The van der Waals surface area contributed by atoms with Crippen molar-refractivity contribution in [2.45, 2.75) is 20.0 Å². The predicted molar refractivity (Wildman–Crippen MR) is 71.8 cm³/mol. The summed E-state index contributed by atoms with van der Waals surface area (Å²) in [5, 5.41) is 7.57. The summed E-state index contributed by atoms with van der Waals surface area (Å²) >= 11 is 0. The van der Waals surface area contributed by atoms with Crippen LogP contribution in [0.1, 0.15) is 16.8 Å². The number of ether oxygens (including phenoxy) is 1. The molecule has 0 fully saturated rings. The van der Waals surface area contributed by atoms with Gasteiger partial charge in [0.1, 0.15) is 5.75 Å². The number of hydrogen-bond acceptors (Lipinski definition) is 3. The van der Waals surface area contributed by atoms with E-state index in [0.29, 0.717) is 0 Å². The fourth-order valence-corrected chi connectivity index (χ4v) is 2.00. The molecular weight excluding hydrogens is 226 g/mol. The van der Waals surface area contributed by atoms with Crippen LogP contribution in [0.15, 0.2) is 30.5 Å². The molecule has 1 aromatic carbocycles. The summed E-state index contributed by atoms with van der Waals surface area (Å²) in [6.07, 6.45) is 1.92. The number of rotatable bonds is 5. The van der Waals surface area contributed by atoms with Gasteiger partial charge in [0.15, 0.2) is 0 Å². The van der Waals surface area contributed by atoms with Crippen molar-refractivity contribution in [3.05, 3.63) is 47.3 Å². The molecule has 4 heteroatoms. The normalized spacial score (nSPS) is 10.6. The Morgan fingerprint density at radius 2 is 2.06 bits per heavy atom. The molecule has 0 aliphatic rings. The Morgan fingerprint density at radius 3 is 2.78 bits per heavy atom. The molecular formula is C14H19N3O. The highest BCUT2D eigenvalue weighted by molar-refractivity contribution is 5.33. The molecule has 0 saturated carbocycles. The van der Waals surface area contributed by atoms with Crippen molar-refractivity contribution in [2.24, 2.45) is 0 Å². The Kier molecular flexibility index (Phi) is 3.99. The van der Waals surface area contributed by atoms with Gasteiger partial charge in [-0.05, 0) is 20.0 Å². The summed E-state index contributed by atoms with van der Waals surface area (Å²) in [5.74, 6) is 0.905. The maximum atomic E-state index is 5.36. The second-order valence-electron chi connectivity index (χ2n) is 4.26. The molecule has 0 amide bonds. The average Bonchev–Trinajstić information content (AvgIpc) is 2.73. The molecule has 0 saturated heterocycles. The minimum Gasteiger partial charge on any atom is -0.496 e. The van der Waals surface area contributed by atoms with Gasteiger partial charge < -0.3 is 10.1 Å². The zero-order valence-corrected chi connectivity index (χ0v) is 11.1. The SMILES string of the molecule is CNCc1cnn(Cc2ccccc2OC)c1C. The fourth-order valence-electron chi connectivity index (χ4n) is 2.00. The molecule has 18 heavy (non-hydrogen) atoms. The standard InChI is InChI=1S/C14H19N3O/c1-11-13(8-15-2)9-16-17(11)10-12-6-4-5-7-14(12)18-3/h4-7,9,15H,8,10H2,1-3H3. The van der Waals surface area contributed by atoms with Crippen molar-refractivity contribution in [3.63, 3.8) is 0 Å². The second-order valence-corrected chi connectivity index (χ2v) is 4.26. The summed E-state index contributed by atoms with van der Waals surface area (Å²) < 4.78 is 7.36. The van der Waals surface area contributed by atoms with Crippen LogP contribution in [-0.4, -0.2) is 23.9 Å². The summed E-state index contributed by atoms with van der Waals surface area (Å²) in [7, 11) is 3.64. The van der Waals surface area contributed by atoms with Crippen molar-refractivity contribution in [3.8, 4) is 5.75 Å². The van der Waals surface area contributed by atoms with Crippen LogP contribution in [-0.2, 0) is 13.1 Å². The summed E-state index contributed by atoms with van der Waals surface area (Å²) in [6, 6.07) is 8.04. The van der Waals surface area contributed by atoms with Crippen molar-refractivity contribution in [1.29, 1.82) is 0 Å². The van der Waals surface area contributed by atoms with Gasteiger partial charge in [0.25, 0.3) is 0 Å². The highest BCUT2D eigenvalue weighted by Crippen LogP contribution is 2.19. The number of nitrogens with one attached hydrogen (secondary N) is 1. The maximum absolute atomic E-state index is 5.36. The lowest BCUT2D eigenvalue weighted by Crippen LogP contribution is -2.08. The van der Waals surface area contributed by atoms with Crippen LogP contribution in [0.2, 0.25) is 0 Å². The largest absolute Gasteiger partial charge is 0.496 e. The van der Waals surface area contributed by atoms with E-state index < -0.39 is 0 Å². The first kappa shape index (κ1) is 12.6. The molecule has 96 valence electrons. The first-order chi connectivity index (χ1) is 8.76. The zero-order chi connectivity index (χ0) is 13.0. The summed E-state index contributed by atoms with van der Waals surface area (Å²) in [6.45, 7) is 3.67. The van der Waals surface area contributed by atoms with Crippen LogP contribution >= 0.6 is 0 Å². The maximum Gasteiger partial charge on any atom is 0.123 e. The average molecular weight is 245 g/mol. The highest BCUT2D eigenvalue weighted by Gasteiger charge is 2.08. The van der Waals surface area contributed by atoms with E-state index in [4.69, 9.17) is 4.74 Å². The van der Waals surface area contributed by atoms with E-state index in [2.05, 4.69) is 23.4 Å². The Labute approximate surface area is 108 Å². The molecule has 1 heterocycles. The van der Waals surface area contributed by atoms with Crippen LogP contribution in [0.25, 0.3) is 0 Å². The van der Waals surface area contributed by atoms with Crippen molar-refractivity contribution in [1.82, 2.24) is 15.1 Å². The third kappa shape index (κ3) is 2.54. The van der Waals surface area contributed by atoms with Gasteiger partial charge in [-0.3, -0.25) is 4.68 Å². The third-order valence-corrected chi connectivity index (χ3v) is 3.08. The molecule has 0 aliphatic heterocycles. The van der Waals surface area contributed by atoms with Crippen LogP contribution in [0, 0.1) is 6.92 Å². The number of nitrogens with zero attached hydrogens (tertiary/aromatic N) is 2. The molecule has 0 spiro atoms. The Balaban J connectivity index is 2.23. The van der Waals surface area contributed by atoms with Gasteiger partial charge >= 0.3 is 0 Å². The fraction of sp³-hybridized carbons (Fsp3) is 0.357. The van der Waals surface area contributed by atoms with Gasteiger partial charge in [0.05, 0.1) is 19.9 Å². The Bertz CT molecular complexity index is 520. The van der Waals surface area contributed by atoms with Gasteiger partial charge in [-0.2, -0.15) is 5.10 Å². The molecule has 0 bridgehead atoms. The molecule has 2 aromatic rings. The summed E-state index contributed by atoms with van der Waals surface area (Å²) in [4.78, 5) is 0. The summed E-state index contributed by atoms with van der Waals surface area (Å²) in [5.41, 5.74) is 3.56. The van der Waals surface area contributed by atoms with Gasteiger partial charge in [-0.25, -0.2) is 0 Å². The lowest BCUT2D eigenvalue weighted by molar-refractivity contribution is 0.407. The molecule has 2 rings (SSSR count). The number of hydrogen-bond donors (Lipinski definition) is 1. The number of methoxy groups -OCH3 is 1. The van der Waals surface area contributed by atoms with E-state index in [1.165, 1.54) is 11.3 Å². The van der Waals surface area contributed by atoms with E-state index in [9.17, 15) is 0 Å². The Morgan fingerprint density at radius 1 is 1.28 bits per heavy atom. The van der Waals surface area contributed by atoms with Gasteiger partial charge in [0, 0.05) is 23.4 Å². The molecule has 1 N–H and O–H groups in total. The lowest BCUT2D eigenvalue weighted by Gasteiger charge is -2.10. The first-order valence-electron chi connectivity index (χ1n) is 6.04. The van der Waals surface area contributed by atoms with Crippen molar-refractivity contribution in [2.75, 3.05) is 14.2 Å². The smallest absolute Gasteiger partial charge is 0.123 e. The van der Waals surface area contributed by atoms with Gasteiger partial charge in [-0.1, -0.05) is 18.2 Å². The first-order valence-corrected chi connectivity index (χ1v) is 6.04. The van der Waals surface area contributed by atoms with E-state index in [0.717, 1.165) is 24.4 Å². The van der Waals surface area contributed by atoms with Gasteiger partial charge in [0.2, 0.25) is 0 Å². The molecule has 0 aliphatic carbocycles. The van der Waals surface area contributed by atoms with Crippen molar-refractivity contribution >= 4 is 0 Å². The van der Waals surface area contributed by atoms with Crippen LogP contribution in [0.3, 0.4) is 0 Å². The molecule has 0 radical (unpaired) electrons.